The molecule has 0 spiro atoms. The predicted molar refractivity (Wildman–Crippen MR) is 110 cm³/mol. The molecule has 8 heteroatoms. The van der Waals surface area contributed by atoms with Crippen LogP contribution in [0.3, 0.4) is 0 Å². The number of carbonyl (C=O) groups excluding carboxylic acids is 1. The molecule has 0 unspecified atom stereocenters. The van der Waals surface area contributed by atoms with Gasteiger partial charge in [-0.3, -0.25) is 9.36 Å². The van der Waals surface area contributed by atoms with Crippen molar-refractivity contribution in [2.24, 2.45) is 0 Å². The van der Waals surface area contributed by atoms with Gasteiger partial charge in [-0.05, 0) is 48.5 Å². The molecule has 6 nitrogen and oxygen atoms in total. The van der Waals surface area contributed by atoms with Crippen molar-refractivity contribution in [2.45, 2.75) is 11.7 Å². The molecule has 0 bridgehead atoms. The van der Waals surface area contributed by atoms with Crippen LogP contribution in [-0.2, 0) is 11.3 Å². The van der Waals surface area contributed by atoms with Crippen molar-refractivity contribution in [1.29, 1.82) is 0 Å². The van der Waals surface area contributed by atoms with E-state index in [1.807, 2.05) is 28.8 Å². The Bertz CT molecular complexity index is 927. The third-order valence-electron chi connectivity index (χ3n) is 4.08. The van der Waals surface area contributed by atoms with Gasteiger partial charge in [-0.25, -0.2) is 0 Å². The van der Waals surface area contributed by atoms with E-state index in [2.05, 4.69) is 10.2 Å². The van der Waals surface area contributed by atoms with Crippen molar-refractivity contribution in [3.63, 3.8) is 0 Å². The molecule has 0 aliphatic heterocycles. The summed E-state index contributed by atoms with van der Waals surface area (Å²) in [6.45, 7) is 1.10. The lowest BCUT2D eigenvalue weighted by molar-refractivity contribution is 0.102. The first-order chi connectivity index (χ1) is 13.6. The lowest BCUT2D eigenvalue weighted by Gasteiger charge is -2.10. The molecule has 2 aromatic carbocycles. The highest BCUT2D eigenvalue weighted by molar-refractivity contribution is 7.99. The number of Topliss-reactive ketones (excluding diaryl/α,β-unsaturated/α-hetero) is 1. The van der Waals surface area contributed by atoms with Gasteiger partial charge in [0.2, 0.25) is 0 Å². The fraction of sp³-hybridized carbons (Fsp3) is 0.250. The van der Waals surface area contributed by atoms with E-state index in [0.29, 0.717) is 34.7 Å². The van der Waals surface area contributed by atoms with Crippen LogP contribution in [0.25, 0.3) is 11.4 Å². The number of ketones is 1. The van der Waals surface area contributed by atoms with Crippen molar-refractivity contribution in [2.75, 3.05) is 26.6 Å². The lowest BCUT2D eigenvalue weighted by atomic mass is 10.1. The molecule has 28 heavy (non-hydrogen) atoms. The number of hydrogen-bond acceptors (Lipinski definition) is 6. The molecule has 0 saturated heterocycles. The van der Waals surface area contributed by atoms with E-state index in [1.54, 1.807) is 38.5 Å². The Morgan fingerprint density at radius 2 is 1.79 bits per heavy atom. The van der Waals surface area contributed by atoms with Gasteiger partial charge in [0, 0.05) is 23.3 Å². The molecule has 1 heterocycles. The van der Waals surface area contributed by atoms with Crippen molar-refractivity contribution >= 4 is 29.1 Å². The van der Waals surface area contributed by atoms with Crippen molar-refractivity contribution in [1.82, 2.24) is 14.8 Å². The largest absolute Gasteiger partial charge is 0.497 e. The Labute approximate surface area is 172 Å². The van der Waals surface area contributed by atoms with Crippen LogP contribution in [0.2, 0.25) is 5.02 Å². The fourth-order valence-corrected chi connectivity index (χ4v) is 3.57. The summed E-state index contributed by atoms with van der Waals surface area (Å²) in [6.07, 6.45) is 0. The second-order valence-electron chi connectivity index (χ2n) is 5.90. The van der Waals surface area contributed by atoms with E-state index in [1.165, 1.54) is 11.8 Å². The van der Waals surface area contributed by atoms with Gasteiger partial charge in [-0.1, -0.05) is 23.4 Å². The number of methoxy groups -OCH3 is 2. The number of benzene rings is 2. The van der Waals surface area contributed by atoms with Crippen LogP contribution in [0, 0.1) is 0 Å². The Morgan fingerprint density at radius 1 is 1.07 bits per heavy atom. The molecule has 0 N–H and O–H groups in total. The maximum absolute atomic E-state index is 12.5. The van der Waals surface area contributed by atoms with E-state index in [-0.39, 0.29) is 11.5 Å². The van der Waals surface area contributed by atoms with E-state index in [0.717, 1.165) is 11.3 Å². The summed E-state index contributed by atoms with van der Waals surface area (Å²) in [5.41, 5.74) is 1.54. The molecule has 0 saturated carbocycles. The highest BCUT2D eigenvalue weighted by Crippen LogP contribution is 2.26. The molecule has 146 valence electrons. The summed E-state index contributed by atoms with van der Waals surface area (Å²) in [7, 11) is 3.24. The number of nitrogens with zero attached hydrogens (tertiary/aromatic N) is 3. The molecule has 0 radical (unpaired) electrons. The van der Waals surface area contributed by atoms with Gasteiger partial charge >= 0.3 is 0 Å². The highest BCUT2D eigenvalue weighted by Gasteiger charge is 2.16. The Hall–Kier alpha value is -2.35. The zero-order valence-electron chi connectivity index (χ0n) is 15.6. The molecule has 3 rings (SSSR count). The third kappa shape index (κ3) is 4.92. The average Bonchev–Trinajstić information content (AvgIpc) is 3.13. The zero-order chi connectivity index (χ0) is 19.9. The Kier molecular flexibility index (Phi) is 7.08. The molecule has 0 fully saturated rings. The SMILES string of the molecule is COCCn1c(SCC(=O)c2ccc(OC)cc2)nnc1-c1ccc(Cl)cc1. The third-order valence-corrected chi connectivity index (χ3v) is 5.30. The highest BCUT2D eigenvalue weighted by atomic mass is 35.5. The summed E-state index contributed by atoms with van der Waals surface area (Å²) < 4.78 is 12.3. The summed E-state index contributed by atoms with van der Waals surface area (Å²) in [5, 5.41) is 9.91. The summed E-state index contributed by atoms with van der Waals surface area (Å²) in [6, 6.07) is 14.5. The van der Waals surface area contributed by atoms with E-state index in [4.69, 9.17) is 21.1 Å². The van der Waals surface area contributed by atoms with E-state index >= 15 is 0 Å². The van der Waals surface area contributed by atoms with Crippen molar-refractivity contribution < 1.29 is 14.3 Å². The minimum atomic E-state index is 0.0157. The number of carbonyl (C=O) groups is 1. The van der Waals surface area contributed by atoms with Crippen LogP contribution in [0.1, 0.15) is 10.4 Å². The van der Waals surface area contributed by atoms with Crippen LogP contribution in [-0.4, -0.2) is 47.1 Å². The zero-order valence-corrected chi connectivity index (χ0v) is 17.2. The molecular weight excluding hydrogens is 398 g/mol. The van der Waals surface area contributed by atoms with Crippen LogP contribution in [0.4, 0.5) is 0 Å². The number of thioether (sulfide) groups is 1. The van der Waals surface area contributed by atoms with Crippen LogP contribution in [0.15, 0.2) is 53.7 Å². The maximum Gasteiger partial charge on any atom is 0.192 e. The minimum absolute atomic E-state index is 0.0157. The molecule has 3 aromatic rings. The second kappa shape index (κ2) is 9.73. The van der Waals surface area contributed by atoms with Crippen LogP contribution >= 0.6 is 23.4 Å². The average molecular weight is 418 g/mol. The van der Waals surface area contributed by atoms with Gasteiger partial charge in [-0.15, -0.1) is 10.2 Å². The van der Waals surface area contributed by atoms with Gasteiger partial charge in [0.1, 0.15) is 5.75 Å². The molecule has 0 amide bonds. The number of aromatic nitrogens is 3. The van der Waals surface area contributed by atoms with E-state index in [9.17, 15) is 4.79 Å². The smallest absolute Gasteiger partial charge is 0.192 e. The number of hydrogen-bond donors (Lipinski definition) is 0. The van der Waals surface area contributed by atoms with Crippen molar-refractivity contribution in [3.05, 3.63) is 59.1 Å². The van der Waals surface area contributed by atoms with Crippen LogP contribution < -0.4 is 4.74 Å². The first-order valence-electron chi connectivity index (χ1n) is 8.60. The quantitative estimate of drug-likeness (QED) is 0.383. The summed E-state index contributed by atoms with van der Waals surface area (Å²) >= 11 is 7.33. The molecular formula is C20H20ClN3O3S. The van der Waals surface area contributed by atoms with Gasteiger partial charge in [0.25, 0.3) is 0 Å². The standard InChI is InChI=1S/C20H20ClN3O3S/c1-26-12-11-24-19(15-3-7-16(21)8-4-15)22-23-20(24)28-13-18(25)14-5-9-17(27-2)10-6-14/h3-10H,11-13H2,1-2H3. The van der Waals surface area contributed by atoms with Crippen LogP contribution in [0.5, 0.6) is 5.75 Å². The fourth-order valence-electron chi connectivity index (χ4n) is 2.58. The lowest BCUT2D eigenvalue weighted by Crippen LogP contribution is -2.09. The monoisotopic (exact) mass is 417 g/mol. The number of halogens is 1. The maximum atomic E-state index is 12.5. The van der Waals surface area contributed by atoms with Gasteiger partial charge in [-0.2, -0.15) is 0 Å². The predicted octanol–water partition coefficient (Wildman–Crippen LogP) is 4.23. The Balaban J connectivity index is 1.76. The van der Waals surface area contributed by atoms with Gasteiger partial charge in [0.05, 0.1) is 26.0 Å². The van der Waals surface area contributed by atoms with Gasteiger partial charge in [0.15, 0.2) is 16.8 Å². The molecule has 0 aliphatic rings. The molecule has 0 aliphatic carbocycles. The van der Waals surface area contributed by atoms with Crippen molar-refractivity contribution in [3.8, 4) is 17.1 Å². The minimum Gasteiger partial charge on any atom is -0.497 e. The van der Waals surface area contributed by atoms with Gasteiger partial charge < -0.3 is 9.47 Å². The van der Waals surface area contributed by atoms with E-state index < -0.39 is 0 Å². The first kappa shape index (κ1) is 20.4. The topological polar surface area (TPSA) is 66.2 Å². The number of ether oxygens (including phenoxy) is 2. The number of rotatable bonds is 9. The first-order valence-corrected chi connectivity index (χ1v) is 9.97. The second-order valence-corrected chi connectivity index (χ2v) is 7.28. The molecule has 0 atom stereocenters. The summed E-state index contributed by atoms with van der Waals surface area (Å²) in [5.74, 6) is 1.71. The summed E-state index contributed by atoms with van der Waals surface area (Å²) in [4.78, 5) is 12.5. The normalized spacial score (nSPS) is 10.8. The molecule has 1 aromatic heterocycles. The Morgan fingerprint density at radius 3 is 2.43 bits per heavy atom.